The summed E-state index contributed by atoms with van der Waals surface area (Å²) in [5.74, 6) is 0.570. The van der Waals surface area contributed by atoms with Crippen LogP contribution in [0.4, 0.5) is 0 Å². The molecule has 0 spiro atoms. The molecule has 0 amide bonds. The first-order valence-corrected chi connectivity index (χ1v) is 4.69. The van der Waals surface area contributed by atoms with Gasteiger partial charge in [-0.2, -0.15) is 0 Å². The molecule has 2 N–H and O–H groups in total. The second kappa shape index (κ2) is 6.40. The van der Waals surface area contributed by atoms with E-state index >= 15 is 0 Å². The molecule has 0 aliphatic rings. The number of likely N-dealkylation sites (N-methyl/N-ethyl adjacent to an activating group) is 1. The van der Waals surface area contributed by atoms with Gasteiger partial charge in [-0.3, -0.25) is 0 Å². The lowest BCUT2D eigenvalue weighted by molar-refractivity contribution is 0.0508. The maximum absolute atomic E-state index is 9.85. The van der Waals surface area contributed by atoms with Gasteiger partial charge in [-0.1, -0.05) is 12.1 Å². The van der Waals surface area contributed by atoms with Crippen LogP contribution in [0.1, 0.15) is 13.0 Å². The van der Waals surface area contributed by atoms with Crippen molar-refractivity contribution in [1.82, 2.24) is 5.32 Å². The van der Waals surface area contributed by atoms with E-state index in [9.17, 15) is 5.11 Å². The molecule has 1 aromatic carbocycles. The van der Waals surface area contributed by atoms with Gasteiger partial charge in [0.05, 0.1) is 7.45 Å². The summed E-state index contributed by atoms with van der Waals surface area (Å²) in [5.41, 5.74) is 0.482. The molecular formula is C11H17NO3. The molecule has 84 valence electrons. The monoisotopic (exact) mass is 212 g/mol. The van der Waals surface area contributed by atoms with Gasteiger partial charge in [0.25, 0.3) is 0 Å². The van der Waals surface area contributed by atoms with Crippen LogP contribution < -0.4 is 10.1 Å². The summed E-state index contributed by atoms with van der Waals surface area (Å²) in [4.78, 5) is 0. The Hall–Kier alpha value is -1.10. The fourth-order valence-corrected chi connectivity index (χ4v) is 1.16. The zero-order chi connectivity index (χ0) is 12.0. The van der Waals surface area contributed by atoms with Gasteiger partial charge in [0.1, 0.15) is 5.75 Å². The Morgan fingerprint density at radius 1 is 1.60 bits per heavy atom. The summed E-state index contributed by atoms with van der Waals surface area (Å²) >= 11 is 0. The molecular weight excluding hydrogens is 194 g/mol. The summed E-state index contributed by atoms with van der Waals surface area (Å²) in [6.45, 7) is 0.298. The van der Waals surface area contributed by atoms with Crippen molar-refractivity contribution in [2.24, 2.45) is 0 Å². The van der Waals surface area contributed by atoms with Crippen molar-refractivity contribution >= 4 is 0 Å². The molecule has 1 unspecified atom stereocenters. The molecule has 0 fully saturated rings. The lowest BCUT2D eigenvalue weighted by Crippen LogP contribution is -2.16. The third-order valence-electron chi connectivity index (χ3n) is 1.85. The number of hydrogen-bond donors (Lipinski definition) is 2. The minimum absolute atomic E-state index is 0.145. The maximum Gasteiger partial charge on any atom is 0.188 e. The number of hydrogen-bond acceptors (Lipinski definition) is 4. The van der Waals surface area contributed by atoms with E-state index in [1.165, 1.54) is 7.11 Å². The molecule has 0 aromatic heterocycles. The molecule has 0 aliphatic carbocycles. The summed E-state index contributed by atoms with van der Waals surface area (Å²) < 4.78 is 17.8. The van der Waals surface area contributed by atoms with Crippen molar-refractivity contribution in [1.29, 1.82) is 0 Å². The highest BCUT2D eigenvalue weighted by atomic mass is 16.7. The Morgan fingerprint density at radius 2 is 2.40 bits per heavy atom. The van der Waals surface area contributed by atoms with E-state index in [1.54, 1.807) is 31.3 Å². The van der Waals surface area contributed by atoms with Crippen molar-refractivity contribution in [2.75, 3.05) is 27.5 Å². The van der Waals surface area contributed by atoms with Crippen LogP contribution in [0.3, 0.4) is 0 Å². The topological polar surface area (TPSA) is 50.7 Å². The third kappa shape index (κ3) is 3.87. The van der Waals surface area contributed by atoms with E-state index in [1.807, 2.05) is 0 Å². The van der Waals surface area contributed by atoms with Crippen LogP contribution >= 0.6 is 0 Å². The SMILES string of the molecule is [2H]C(O)(CNC)c1cccc(OCOC)c1. The second-order valence-electron chi connectivity index (χ2n) is 3.06. The molecule has 0 aliphatic heterocycles. The predicted octanol–water partition coefficient (Wildman–Crippen LogP) is 0.922. The predicted molar refractivity (Wildman–Crippen MR) is 57.8 cm³/mol. The molecule has 4 heteroatoms. The van der Waals surface area contributed by atoms with Gasteiger partial charge in [-0.05, 0) is 24.7 Å². The Morgan fingerprint density at radius 3 is 3.07 bits per heavy atom. The van der Waals surface area contributed by atoms with Crippen molar-refractivity contribution in [3.05, 3.63) is 29.8 Å². The fourth-order valence-electron chi connectivity index (χ4n) is 1.16. The van der Waals surface area contributed by atoms with Crippen molar-refractivity contribution < 1.29 is 16.0 Å². The van der Waals surface area contributed by atoms with Gasteiger partial charge in [0.2, 0.25) is 0 Å². The number of methoxy groups -OCH3 is 1. The highest BCUT2D eigenvalue weighted by molar-refractivity contribution is 5.29. The Balaban J connectivity index is 2.80. The standard InChI is InChI=1S/C11H17NO3/c1-12-7-11(13)9-4-3-5-10(6-9)15-8-14-2/h3-6,11-13H,7-8H2,1-2H3/i11D. The first kappa shape index (κ1) is 10.4. The highest BCUT2D eigenvalue weighted by Crippen LogP contribution is 2.18. The summed E-state index contributed by atoms with van der Waals surface area (Å²) in [5, 5.41) is 12.6. The maximum atomic E-state index is 9.85. The molecule has 1 aromatic rings. The van der Waals surface area contributed by atoms with E-state index < -0.39 is 6.08 Å². The van der Waals surface area contributed by atoms with Gasteiger partial charge < -0.3 is 19.9 Å². The third-order valence-corrected chi connectivity index (χ3v) is 1.85. The lowest BCUT2D eigenvalue weighted by atomic mass is 10.1. The van der Waals surface area contributed by atoms with Crippen LogP contribution in [0.25, 0.3) is 0 Å². The van der Waals surface area contributed by atoms with Crippen molar-refractivity contribution in [2.45, 2.75) is 6.08 Å². The van der Waals surface area contributed by atoms with Crippen LogP contribution in [0.2, 0.25) is 0 Å². The van der Waals surface area contributed by atoms with Crippen LogP contribution in [-0.4, -0.2) is 32.6 Å². The number of ether oxygens (including phenoxy) is 2. The largest absolute Gasteiger partial charge is 0.468 e. The lowest BCUT2D eigenvalue weighted by Gasteiger charge is -2.12. The quantitative estimate of drug-likeness (QED) is 0.688. The van der Waals surface area contributed by atoms with Crippen LogP contribution in [0.5, 0.6) is 5.75 Å². The Bertz CT molecular complexity index is 331. The first-order valence-electron chi connectivity index (χ1n) is 5.19. The molecule has 0 saturated carbocycles. The molecule has 0 heterocycles. The smallest absolute Gasteiger partial charge is 0.188 e. The summed E-state index contributed by atoms with van der Waals surface area (Å²) in [6.07, 6.45) is -1.65. The second-order valence-corrected chi connectivity index (χ2v) is 3.06. The Labute approximate surface area is 91.2 Å². The van der Waals surface area contributed by atoms with Crippen LogP contribution in [0.15, 0.2) is 24.3 Å². The summed E-state index contributed by atoms with van der Waals surface area (Å²) in [7, 11) is 3.22. The molecule has 0 bridgehead atoms. The zero-order valence-electron chi connectivity index (χ0n) is 9.99. The minimum Gasteiger partial charge on any atom is -0.468 e. The van der Waals surface area contributed by atoms with Crippen molar-refractivity contribution in [3.63, 3.8) is 0 Å². The number of nitrogens with one attached hydrogen (secondary N) is 1. The van der Waals surface area contributed by atoms with Gasteiger partial charge in [0.15, 0.2) is 6.79 Å². The average Bonchev–Trinajstić information content (AvgIpc) is 2.27. The molecule has 0 saturated heterocycles. The van der Waals surface area contributed by atoms with E-state index in [2.05, 4.69) is 5.32 Å². The number of benzene rings is 1. The van der Waals surface area contributed by atoms with E-state index in [0.29, 0.717) is 11.3 Å². The molecule has 4 nitrogen and oxygen atoms in total. The molecule has 15 heavy (non-hydrogen) atoms. The summed E-state index contributed by atoms with van der Waals surface area (Å²) in [6, 6.07) is 6.79. The van der Waals surface area contributed by atoms with Gasteiger partial charge in [0, 0.05) is 13.7 Å². The zero-order valence-corrected chi connectivity index (χ0v) is 8.99. The normalized spacial score (nSPS) is 15.5. The molecule has 1 atom stereocenters. The number of aliphatic hydroxyl groups is 1. The Kier molecular flexibility index (Phi) is 4.44. The van der Waals surface area contributed by atoms with Crippen molar-refractivity contribution in [3.8, 4) is 5.75 Å². The van der Waals surface area contributed by atoms with E-state index in [4.69, 9.17) is 10.8 Å². The van der Waals surface area contributed by atoms with Crippen LogP contribution in [0, 0.1) is 0 Å². The molecule has 1 rings (SSSR count). The van der Waals surface area contributed by atoms with Crippen LogP contribution in [-0.2, 0) is 4.74 Å². The van der Waals surface area contributed by atoms with Gasteiger partial charge in [-0.25, -0.2) is 0 Å². The number of rotatable bonds is 6. The fraction of sp³-hybridized carbons (Fsp3) is 0.455. The van der Waals surface area contributed by atoms with Gasteiger partial charge in [-0.15, -0.1) is 0 Å². The molecule has 0 radical (unpaired) electrons. The highest BCUT2D eigenvalue weighted by Gasteiger charge is 2.06. The first-order chi connectivity index (χ1) is 7.60. The van der Waals surface area contributed by atoms with Gasteiger partial charge >= 0.3 is 0 Å². The average molecular weight is 212 g/mol. The minimum atomic E-state index is -1.65. The van der Waals surface area contributed by atoms with E-state index in [-0.39, 0.29) is 13.3 Å². The van der Waals surface area contributed by atoms with E-state index in [0.717, 1.165) is 0 Å².